The first-order chi connectivity index (χ1) is 14.1. The van der Waals surface area contributed by atoms with Crippen LogP contribution in [0.5, 0.6) is 5.75 Å². The van der Waals surface area contributed by atoms with E-state index in [0.717, 1.165) is 0 Å². The Balaban J connectivity index is 3.31. The van der Waals surface area contributed by atoms with Crippen LogP contribution in [0.4, 0.5) is 18.0 Å². The molecule has 1 amide bonds. The summed E-state index contributed by atoms with van der Waals surface area (Å²) in [4.78, 5) is 35.2. The molecule has 8 nitrogen and oxygen atoms in total. The maximum Gasteiger partial charge on any atom is 0.410 e. The van der Waals surface area contributed by atoms with Crippen molar-refractivity contribution in [2.24, 2.45) is 5.92 Å². The van der Waals surface area contributed by atoms with Crippen molar-refractivity contribution in [2.45, 2.75) is 51.9 Å². The molecule has 0 saturated heterocycles. The zero-order valence-corrected chi connectivity index (χ0v) is 17.7. The van der Waals surface area contributed by atoms with Gasteiger partial charge < -0.3 is 19.7 Å². The van der Waals surface area contributed by atoms with Gasteiger partial charge in [-0.3, -0.25) is 14.5 Å². The molecule has 0 aliphatic carbocycles. The predicted octanol–water partition coefficient (Wildman–Crippen LogP) is 3.71. The van der Waals surface area contributed by atoms with E-state index in [4.69, 9.17) is 14.6 Å². The number of aliphatic carboxylic acids is 2. The molecule has 31 heavy (non-hydrogen) atoms. The second-order valence-corrected chi connectivity index (χ2v) is 7.92. The summed E-state index contributed by atoms with van der Waals surface area (Å²) in [6.45, 7) is 2.40. The number of ether oxygens (including phenoxy) is 2. The third-order valence-corrected chi connectivity index (χ3v) is 4.03. The molecule has 1 rings (SSSR count). The highest BCUT2D eigenvalue weighted by atomic mass is 19.4. The third kappa shape index (κ3) is 9.58. The zero-order chi connectivity index (χ0) is 24.0. The molecule has 174 valence electrons. The lowest BCUT2D eigenvalue weighted by molar-refractivity contribution is -0.148. The van der Waals surface area contributed by atoms with Crippen LogP contribution in [-0.2, 0) is 27.3 Å². The molecular formula is C20H26F3NO7. The lowest BCUT2D eigenvalue weighted by Gasteiger charge is -2.29. The van der Waals surface area contributed by atoms with Crippen molar-refractivity contribution in [1.82, 2.24) is 4.90 Å². The minimum atomic E-state index is -4.71. The van der Waals surface area contributed by atoms with Gasteiger partial charge in [-0.15, -0.1) is 0 Å². The monoisotopic (exact) mass is 449 g/mol. The van der Waals surface area contributed by atoms with Gasteiger partial charge in [0, 0.05) is 6.54 Å². The van der Waals surface area contributed by atoms with Gasteiger partial charge in [0.15, 0.2) is 0 Å². The number of hydrogen-bond donors (Lipinski definition) is 2. The molecule has 0 fully saturated rings. The van der Waals surface area contributed by atoms with E-state index in [1.807, 2.05) is 0 Å². The average Bonchev–Trinajstić information content (AvgIpc) is 2.58. The van der Waals surface area contributed by atoms with E-state index < -0.39 is 55.2 Å². The number of hydrogen-bond acceptors (Lipinski definition) is 5. The van der Waals surface area contributed by atoms with E-state index in [2.05, 4.69) is 0 Å². The number of rotatable bonds is 9. The molecule has 11 heteroatoms. The van der Waals surface area contributed by atoms with Crippen molar-refractivity contribution in [1.29, 1.82) is 0 Å². The molecule has 1 unspecified atom stereocenters. The van der Waals surface area contributed by atoms with Gasteiger partial charge in [0.1, 0.15) is 17.9 Å². The molecule has 0 bridgehead atoms. The Bertz CT molecular complexity index is 803. The quantitative estimate of drug-likeness (QED) is 0.591. The molecule has 0 radical (unpaired) electrons. The van der Waals surface area contributed by atoms with E-state index in [1.165, 1.54) is 46.1 Å². The van der Waals surface area contributed by atoms with Crippen molar-refractivity contribution >= 4 is 18.0 Å². The van der Waals surface area contributed by atoms with Gasteiger partial charge in [-0.25, -0.2) is 4.79 Å². The molecule has 2 N–H and O–H groups in total. The summed E-state index contributed by atoms with van der Waals surface area (Å²) in [5, 5.41) is 18.2. The smallest absolute Gasteiger partial charge is 0.410 e. The summed E-state index contributed by atoms with van der Waals surface area (Å²) in [7, 11) is 1.34. The van der Waals surface area contributed by atoms with Crippen LogP contribution in [0, 0.1) is 5.92 Å². The van der Waals surface area contributed by atoms with Crippen LogP contribution in [0.15, 0.2) is 18.2 Å². The van der Waals surface area contributed by atoms with Crippen LogP contribution in [0.2, 0.25) is 0 Å². The number of carbonyl (C=O) groups excluding carboxylic acids is 1. The lowest BCUT2D eigenvalue weighted by atomic mass is 9.93. The van der Waals surface area contributed by atoms with Crippen molar-refractivity contribution < 1.29 is 47.2 Å². The molecule has 1 aromatic carbocycles. The van der Waals surface area contributed by atoms with E-state index in [-0.39, 0.29) is 23.3 Å². The van der Waals surface area contributed by atoms with Gasteiger partial charge in [0.2, 0.25) is 0 Å². The second-order valence-electron chi connectivity index (χ2n) is 7.92. The number of halogens is 3. The Labute approximate surface area is 177 Å². The fourth-order valence-corrected chi connectivity index (χ4v) is 2.73. The first-order valence-electron chi connectivity index (χ1n) is 9.26. The van der Waals surface area contributed by atoms with Gasteiger partial charge >= 0.3 is 24.2 Å². The topological polar surface area (TPSA) is 113 Å². The van der Waals surface area contributed by atoms with Gasteiger partial charge in [-0.05, 0) is 50.5 Å². The first-order valence-corrected chi connectivity index (χ1v) is 9.26. The molecule has 1 atom stereocenters. The summed E-state index contributed by atoms with van der Waals surface area (Å²) >= 11 is 0. The minimum absolute atomic E-state index is 0.186. The maximum absolute atomic E-state index is 13.1. The molecule has 0 aliphatic heterocycles. The van der Waals surface area contributed by atoms with Gasteiger partial charge in [0.25, 0.3) is 0 Å². The van der Waals surface area contributed by atoms with E-state index >= 15 is 0 Å². The average molecular weight is 449 g/mol. The highest BCUT2D eigenvalue weighted by Gasteiger charge is 2.35. The van der Waals surface area contributed by atoms with Crippen LogP contribution in [0.25, 0.3) is 0 Å². The van der Waals surface area contributed by atoms with Crippen LogP contribution in [0.1, 0.15) is 38.3 Å². The maximum atomic E-state index is 13.1. The SMILES string of the molecule is COc1ccc(CC(CC(=O)O)C(=O)O)c(CN(CC(F)(F)F)C(=O)OC(C)(C)C)c1. The molecule has 0 saturated carbocycles. The number of benzene rings is 1. The largest absolute Gasteiger partial charge is 0.497 e. The number of carboxylic acid groups (broad SMARTS) is 2. The van der Waals surface area contributed by atoms with Crippen LogP contribution in [-0.4, -0.2) is 58.6 Å². The number of carboxylic acids is 2. The lowest BCUT2D eigenvalue weighted by Crippen LogP contribution is -2.41. The zero-order valence-electron chi connectivity index (χ0n) is 17.7. The summed E-state index contributed by atoms with van der Waals surface area (Å²) in [6, 6.07) is 4.29. The van der Waals surface area contributed by atoms with Gasteiger partial charge in [0.05, 0.1) is 19.4 Å². The molecule has 0 spiro atoms. The normalized spacial score (nSPS) is 12.7. The number of carbonyl (C=O) groups is 3. The van der Waals surface area contributed by atoms with Crippen molar-refractivity contribution in [2.75, 3.05) is 13.7 Å². The van der Waals surface area contributed by atoms with Crippen molar-refractivity contribution in [3.63, 3.8) is 0 Å². The van der Waals surface area contributed by atoms with E-state index in [9.17, 15) is 32.7 Å². The summed E-state index contributed by atoms with van der Waals surface area (Å²) in [5.74, 6) is -3.71. The van der Waals surface area contributed by atoms with Crippen LogP contribution in [0.3, 0.4) is 0 Å². The van der Waals surface area contributed by atoms with Crippen molar-refractivity contribution in [3.05, 3.63) is 29.3 Å². The highest BCUT2D eigenvalue weighted by Crippen LogP contribution is 2.26. The molecule has 0 aliphatic rings. The van der Waals surface area contributed by atoms with Gasteiger partial charge in [-0.2, -0.15) is 13.2 Å². The number of methoxy groups -OCH3 is 1. The fourth-order valence-electron chi connectivity index (χ4n) is 2.73. The summed E-state index contributed by atoms with van der Waals surface area (Å²) in [5.41, 5.74) is -0.565. The minimum Gasteiger partial charge on any atom is -0.497 e. The first kappa shape index (κ1) is 26.1. The van der Waals surface area contributed by atoms with Crippen LogP contribution < -0.4 is 4.74 Å². The van der Waals surface area contributed by atoms with Crippen LogP contribution >= 0.6 is 0 Å². The molecular weight excluding hydrogens is 423 g/mol. The molecule has 0 heterocycles. The Hall–Kier alpha value is -2.98. The predicted molar refractivity (Wildman–Crippen MR) is 103 cm³/mol. The Morgan fingerprint density at radius 3 is 2.16 bits per heavy atom. The molecule has 0 aromatic heterocycles. The Morgan fingerprint density at radius 2 is 1.71 bits per heavy atom. The molecule has 1 aromatic rings. The Morgan fingerprint density at radius 1 is 1.10 bits per heavy atom. The third-order valence-electron chi connectivity index (χ3n) is 4.03. The number of nitrogens with zero attached hydrogens (tertiary/aromatic N) is 1. The van der Waals surface area contributed by atoms with Gasteiger partial charge in [-0.1, -0.05) is 6.07 Å². The fraction of sp³-hybridized carbons (Fsp3) is 0.550. The summed E-state index contributed by atoms with van der Waals surface area (Å²) < 4.78 is 49.4. The number of amides is 1. The summed E-state index contributed by atoms with van der Waals surface area (Å²) in [6.07, 6.45) is -6.82. The standard InChI is InChI=1S/C20H26F3NO7/c1-19(2,3)31-18(29)24(11-20(21,22)23)10-14-8-15(30-4)6-5-12(14)7-13(17(27)28)9-16(25)26/h5-6,8,13H,7,9-11H2,1-4H3,(H,25,26)(H,27,28). The van der Waals surface area contributed by atoms with Crippen molar-refractivity contribution in [3.8, 4) is 5.75 Å². The van der Waals surface area contributed by atoms with E-state index in [0.29, 0.717) is 4.90 Å². The highest BCUT2D eigenvalue weighted by molar-refractivity contribution is 5.78. The van der Waals surface area contributed by atoms with E-state index in [1.54, 1.807) is 0 Å². The number of alkyl halides is 3. The Kier molecular flexibility index (Phi) is 8.71. The second kappa shape index (κ2) is 10.4.